The van der Waals surface area contributed by atoms with Crippen molar-refractivity contribution in [3.8, 4) is 0 Å². The van der Waals surface area contributed by atoms with Crippen molar-refractivity contribution in [3.05, 3.63) is 133 Å². The Bertz CT molecular complexity index is 791. The molecule has 9 heteroatoms. The predicted molar refractivity (Wildman–Crippen MR) is 141 cm³/mol. The monoisotopic (exact) mass is 510 g/mol. The molecule has 0 aliphatic carbocycles. The van der Waals surface area contributed by atoms with Crippen LogP contribution in [0.2, 0.25) is 0 Å². The van der Waals surface area contributed by atoms with E-state index in [9.17, 15) is 0 Å². The fourth-order valence-electron chi connectivity index (χ4n) is 1.77. The van der Waals surface area contributed by atoms with Gasteiger partial charge in [-0.2, -0.15) is 0 Å². The van der Waals surface area contributed by atoms with E-state index in [1.807, 2.05) is 84.9 Å². The Morgan fingerprint density at radius 1 is 0.667 bits per heavy atom. The van der Waals surface area contributed by atoms with Crippen molar-refractivity contribution in [3.63, 3.8) is 0 Å². The molecule has 0 spiro atoms. The molecule has 0 fully saturated rings. The lowest BCUT2D eigenvalue weighted by Crippen LogP contribution is -1.94. The van der Waals surface area contributed by atoms with Crippen molar-refractivity contribution in [1.29, 1.82) is 0 Å². The van der Waals surface area contributed by atoms with Crippen molar-refractivity contribution in [2.45, 2.75) is 13.5 Å². The number of nitrogens with two attached hydrogens (primary N) is 1. The zero-order chi connectivity index (χ0) is 23.0. The zero-order valence-corrected chi connectivity index (χ0v) is 20.8. The number of hydrogen-bond donors (Lipinski definition) is 3. The highest BCUT2D eigenvalue weighted by Crippen LogP contribution is 1.98. The molecule has 2 aromatic heterocycles. The molecule has 0 saturated heterocycles. The van der Waals surface area contributed by atoms with E-state index in [1.54, 1.807) is 24.8 Å². The lowest BCUT2D eigenvalue weighted by Gasteiger charge is -1.90. The summed E-state index contributed by atoms with van der Waals surface area (Å²) in [6, 6.07) is 31.7. The average Bonchev–Trinajstić information content (AvgIpc) is 2.83. The third kappa shape index (κ3) is 29.3. The number of pyridine rings is 2. The quantitative estimate of drug-likeness (QED) is 0.280. The Morgan fingerprint density at radius 2 is 0.970 bits per heavy atom. The van der Waals surface area contributed by atoms with E-state index in [4.69, 9.17) is 20.1 Å². The molecular formula is C24H31Cl2N3O3P+. The number of benzene rings is 2. The lowest BCUT2D eigenvalue weighted by molar-refractivity contribution is 0.405. The van der Waals surface area contributed by atoms with Gasteiger partial charge >= 0.3 is 8.25 Å². The van der Waals surface area contributed by atoms with E-state index in [-0.39, 0.29) is 24.8 Å². The molecule has 0 radical (unpaired) electrons. The lowest BCUT2D eigenvalue weighted by atomic mass is 10.2. The van der Waals surface area contributed by atoms with Crippen LogP contribution in [0, 0.1) is 6.92 Å². The maximum atomic E-state index is 8.70. The molecule has 0 saturated carbocycles. The van der Waals surface area contributed by atoms with Gasteiger partial charge in [-0.3, -0.25) is 9.97 Å². The second-order valence-corrected chi connectivity index (χ2v) is 6.15. The van der Waals surface area contributed by atoms with E-state index in [1.165, 1.54) is 11.1 Å². The van der Waals surface area contributed by atoms with Gasteiger partial charge in [0.2, 0.25) is 0 Å². The van der Waals surface area contributed by atoms with Gasteiger partial charge < -0.3 is 5.73 Å². The van der Waals surface area contributed by atoms with Gasteiger partial charge in [0.05, 0.1) is 0 Å². The Hall–Kier alpha value is -2.70. The molecule has 178 valence electrons. The van der Waals surface area contributed by atoms with E-state index >= 15 is 0 Å². The minimum atomic E-state index is -2.87. The standard InChI is InChI=1S/C7H9N.C7H8.2C5H5N.2ClH.HO3P/c8-6-7-4-2-1-3-5-7;1-7-5-3-2-4-6-7;2*1-2-4-6-5-3-1;;;1-4(2)3/h1-5H,6,8H2;2-6H,1H3;2*1-5H;2*1H;(H-,1,2,3)/p+1. The third-order valence-corrected chi connectivity index (χ3v) is 3.15. The zero-order valence-electron chi connectivity index (χ0n) is 18.3. The Morgan fingerprint density at radius 3 is 1.12 bits per heavy atom. The van der Waals surface area contributed by atoms with Gasteiger partial charge in [0.25, 0.3) is 0 Å². The van der Waals surface area contributed by atoms with Gasteiger partial charge in [-0.05, 0) is 36.8 Å². The normalized spacial score (nSPS) is 7.76. The minimum Gasteiger partial charge on any atom is -0.326 e. The van der Waals surface area contributed by atoms with Crippen molar-refractivity contribution < 1.29 is 14.4 Å². The fraction of sp³-hybridized carbons (Fsp3) is 0.0833. The molecule has 4 aromatic rings. The molecule has 4 N–H and O–H groups in total. The summed E-state index contributed by atoms with van der Waals surface area (Å²) in [5.74, 6) is 0. The second-order valence-electron chi connectivity index (χ2n) is 5.65. The van der Waals surface area contributed by atoms with Crippen LogP contribution >= 0.6 is 33.1 Å². The summed E-state index contributed by atoms with van der Waals surface area (Å²) in [7, 11) is -2.87. The first-order chi connectivity index (χ1) is 15.1. The molecule has 0 unspecified atom stereocenters. The van der Waals surface area contributed by atoms with Crippen LogP contribution in [-0.4, -0.2) is 19.8 Å². The Labute approximate surface area is 209 Å². The van der Waals surface area contributed by atoms with E-state index in [0.717, 1.165) is 0 Å². The molecule has 2 heterocycles. The number of rotatable bonds is 1. The summed E-state index contributed by atoms with van der Waals surface area (Å²) >= 11 is 0. The van der Waals surface area contributed by atoms with Crippen LogP contribution in [0.5, 0.6) is 0 Å². The molecule has 6 nitrogen and oxygen atoms in total. The Kier molecular flexibility index (Phi) is 28.9. The molecule has 4 rings (SSSR count). The van der Waals surface area contributed by atoms with Crippen molar-refractivity contribution in [1.82, 2.24) is 9.97 Å². The van der Waals surface area contributed by atoms with Crippen molar-refractivity contribution in [2.75, 3.05) is 0 Å². The molecule has 0 bridgehead atoms. The highest BCUT2D eigenvalue weighted by Gasteiger charge is 1.93. The third-order valence-electron chi connectivity index (χ3n) is 3.15. The van der Waals surface area contributed by atoms with Gasteiger partial charge in [0, 0.05) is 35.9 Å². The molecule has 0 atom stereocenters. The van der Waals surface area contributed by atoms with E-state index in [0.29, 0.717) is 6.54 Å². The number of aryl methyl sites for hydroxylation is 1. The van der Waals surface area contributed by atoms with Gasteiger partial charge in [0.15, 0.2) is 0 Å². The summed E-state index contributed by atoms with van der Waals surface area (Å²) in [6.07, 6.45) is 7.00. The van der Waals surface area contributed by atoms with Crippen molar-refractivity contribution >= 4 is 33.1 Å². The smallest absolute Gasteiger partial charge is 0.326 e. The first-order valence-corrected chi connectivity index (χ1v) is 10.5. The fourth-order valence-corrected chi connectivity index (χ4v) is 1.77. The van der Waals surface area contributed by atoms with Gasteiger partial charge in [-0.15, -0.1) is 34.6 Å². The van der Waals surface area contributed by atoms with Crippen LogP contribution in [0.4, 0.5) is 0 Å². The summed E-state index contributed by atoms with van der Waals surface area (Å²) in [5, 5.41) is 0. The second kappa shape index (κ2) is 27.3. The van der Waals surface area contributed by atoms with Crippen LogP contribution in [0.3, 0.4) is 0 Å². The molecule has 0 amide bonds. The highest BCUT2D eigenvalue weighted by molar-refractivity contribution is 7.30. The highest BCUT2D eigenvalue weighted by atomic mass is 35.5. The number of nitrogens with zero attached hydrogens (tertiary/aromatic N) is 2. The molecule has 33 heavy (non-hydrogen) atoms. The van der Waals surface area contributed by atoms with Crippen LogP contribution in [0.25, 0.3) is 0 Å². The van der Waals surface area contributed by atoms with Gasteiger partial charge in [0.1, 0.15) is 0 Å². The minimum absolute atomic E-state index is 0. The number of aromatic nitrogens is 2. The first kappa shape index (κ1) is 34.9. The molecular weight excluding hydrogens is 480 g/mol. The molecule has 2 aromatic carbocycles. The van der Waals surface area contributed by atoms with Crippen molar-refractivity contribution in [2.24, 2.45) is 5.73 Å². The molecule has 0 aliphatic rings. The van der Waals surface area contributed by atoms with Crippen LogP contribution in [0.15, 0.2) is 122 Å². The first-order valence-electron chi connectivity index (χ1n) is 9.37. The predicted octanol–water partition coefficient (Wildman–Crippen LogP) is 5.78. The Balaban J connectivity index is -0.000000341. The summed E-state index contributed by atoms with van der Waals surface area (Å²) in [6.45, 7) is 2.72. The van der Waals surface area contributed by atoms with E-state index < -0.39 is 8.25 Å². The summed E-state index contributed by atoms with van der Waals surface area (Å²) in [5.41, 5.74) is 7.86. The summed E-state index contributed by atoms with van der Waals surface area (Å²) < 4.78 is 8.70. The van der Waals surface area contributed by atoms with Gasteiger partial charge in [-0.25, -0.2) is 0 Å². The topological polar surface area (TPSA) is 109 Å². The summed E-state index contributed by atoms with van der Waals surface area (Å²) in [4.78, 5) is 21.8. The number of halogens is 2. The maximum absolute atomic E-state index is 8.70. The number of hydrogen-bond acceptors (Lipinski definition) is 4. The van der Waals surface area contributed by atoms with Gasteiger partial charge in [-0.1, -0.05) is 78.4 Å². The largest absolute Gasteiger partial charge is 0.692 e. The SMILES string of the molecule is Cc1ccccc1.Cl.Cl.NCc1ccccc1.O=[P+](O)O.c1ccncc1.c1ccncc1. The van der Waals surface area contributed by atoms with Crippen LogP contribution in [0.1, 0.15) is 11.1 Å². The maximum Gasteiger partial charge on any atom is 0.692 e. The van der Waals surface area contributed by atoms with E-state index in [2.05, 4.69) is 29.0 Å². The van der Waals surface area contributed by atoms with Crippen LogP contribution in [-0.2, 0) is 11.1 Å². The molecule has 0 aliphatic heterocycles. The average molecular weight is 511 g/mol. The van der Waals surface area contributed by atoms with Crippen LogP contribution < -0.4 is 5.73 Å².